The lowest BCUT2D eigenvalue weighted by molar-refractivity contribution is 0.243. The second-order valence-corrected chi connectivity index (χ2v) is 6.76. The summed E-state index contributed by atoms with van der Waals surface area (Å²) in [6.07, 6.45) is 1.68. The van der Waals surface area contributed by atoms with E-state index in [9.17, 15) is 9.90 Å². The minimum atomic E-state index is -0.0998. The van der Waals surface area contributed by atoms with Crippen LogP contribution in [0.5, 0.6) is 5.75 Å². The molecule has 0 saturated carbocycles. The van der Waals surface area contributed by atoms with Crippen molar-refractivity contribution in [3.63, 3.8) is 0 Å². The molecule has 1 aliphatic heterocycles. The number of carbonyl (C=O) groups excluding carboxylic acids is 1. The van der Waals surface area contributed by atoms with Gasteiger partial charge in [-0.15, -0.1) is 0 Å². The molecule has 2 aromatic carbocycles. The summed E-state index contributed by atoms with van der Waals surface area (Å²) in [5.41, 5.74) is 3.13. The van der Waals surface area contributed by atoms with E-state index in [0.717, 1.165) is 41.9 Å². The Bertz CT molecular complexity index is 933. The van der Waals surface area contributed by atoms with Crippen molar-refractivity contribution in [2.45, 2.75) is 32.4 Å². The van der Waals surface area contributed by atoms with Crippen LogP contribution in [-0.2, 0) is 13.0 Å². The molecule has 0 aliphatic carbocycles. The molecule has 1 atom stereocenters. The third-order valence-electron chi connectivity index (χ3n) is 4.84. The number of hydrogen-bond donors (Lipinski definition) is 2. The van der Waals surface area contributed by atoms with Gasteiger partial charge in [0, 0.05) is 19.1 Å². The van der Waals surface area contributed by atoms with Crippen LogP contribution in [0.3, 0.4) is 0 Å². The van der Waals surface area contributed by atoms with Crippen LogP contribution in [0.1, 0.15) is 18.9 Å². The molecule has 6 nitrogen and oxygen atoms in total. The van der Waals surface area contributed by atoms with Crippen molar-refractivity contribution < 1.29 is 9.90 Å². The molecule has 2 heterocycles. The number of imidazole rings is 1. The Morgan fingerprint density at radius 3 is 2.77 bits per heavy atom. The third-order valence-corrected chi connectivity index (χ3v) is 4.84. The second-order valence-electron chi connectivity index (χ2n) is 6.76. The molecule has 0 bridgehead atoms. The summed E-state index contributed by atoms with van der Waals surface area (Å²) in [7, 11) is 0. The van der Waals surface area contributed by atoms with E-state index in [1.54, 1.807) is 17.0 Å². The van der Waals surface area contributed by atoms with Crippen molar-refractivity contribution in [3.8, 4) is 5.75 Å². The summed E-state index contributed by atoms with van der Waals surface area (Å²) < 4.78 is 2.09. The smallest absolute Gasteiger partial charge is 0.324 e. The molecule has 0 fully saturated rings. The molecule has 2 N–H and O–H groups in total. The zero-order valence-corrected chi connectivity index (χ0v) is 14.7. The molecule has 4 rings (SSSR count). The van der Waals surface area contributed by atoms with E-state index in [-0.39, 0.29) is 17.8 Å². The lowest BCUT2D eigenvalue weighted by Gasteiger charge is -2.19. The van der Waals surface area contributed by atoms with Crippen molar-refractivity contribution >= 4 is 23.0 Å². The van der Waals surface area contributed by atoms with E-state index >= 15 is 0 Å². The average molecular weight is 350 g/mol. The number of nitrogens with one attached hydrogen (secondary N) is 1. The minimum absolute atomic E-state index is 0.0507. The fourth-order valence-electron chi connectivity index (χ4n) is 3.39. The molecule has 1 unspecified atom stereocenters. The highest BCUT2D eigenvalue weighted by molar-refractivity contribution is 5.93. The van der Waals surface area contributed by atoms with Crippen LogP contribution in [0.15, 0.2) is 48.5 Å². The van der Waals surface area contributed by atoms with Crippen molar-refractivity contribution in [1.82, 2.24) is 14.9 Å². The molecule has 26 heavy (non-hydrogen) atoms. The molecule has 2 amide bonds. The summed E-state index contributed by atoms with van der Waals surface area (Å²) in [6.45, 7) is 3.42. The molecule has 3 aromatic rings. The van der Waals surface area contributed by atoms with Gasteiger partial charge in [0.1, 0.15) is 5.75 Å². The van der Waals surface area contributed by atoms with Gasteiger partial charge in [-0.25, -0.2) is 9.78 Å². The number of aromatic hydroxyl groups is 1. The van der Waals surface area contributed by atoms with E-state index in [1.807, 2.05) is 43.3 Å². The van der Waals surface area contributed by atoms with E-state index in [0.29, 0.717) is 6.54 Å². The molecule has 1 aliphatic rings. The molecular formula is C20H22N4O2. The van der Waals surface area contributed by atoms with Gasteiger partial charge in [-0.2, -0.15) is 0 Å². The summed E-state index contributed by atoms with van der Waals surface area (Å²) in [5, 5.41) is 12.4. The second kappa shape index (κ2) is 6.71. The monoisotopic (exact) mass is 350 g/mol. The van der Waals surface area contributed by atoms with Gasteiger partial charge in [0.15, 0.2) is 0 Å². The molecule has 0 radical (unpaired) electrons. The first-order valence-electron chi connectivity index (χ1n) is 8.93. The van der Waals surface area contributed by atoms with Crippen molar-refractivity contribution in [2.24, 2.45) is 0 Å². The maximum absolute atomic E-state index is 12.7. The number of amides is 2. The highest BCUT2D eigenvalue weighted by atomic mass is 16.3. The van der Waals surface area contributed by atoms with Crippen LogP contribution < -0.4 is 10.2 Å². The van der Waals surface area contributed by atoms with E-state index in [4.69, 9.17) is 0 Å². The normalized spacial score (nSPS) is 14.4. The summed E-state index contributed by atoms with van der Waals surface area (Å²) in [5.74, 6) is 0.987. The van der Waals surface area contributed by atoms with Crippen molar-refractivity contribution in [1.29, 1.82) is 0 Å². The first-order valence-corrected chi connectivity index (χ1v) is 8.93. The number of aryl methyl sites for hydroxylation is 1. The quantitative estimate of drug-likeness (QED) is 0.758. The molecule has 1 aromatic heterocycles. The highest BCUT2D eigenvalue weighted by Crippen LogP contribution is 2.27. The zero-order valence-electron chi connectivity index (χ0n) is 14.7. The summed E-state index contributed by atoms with van der Waals surface area (Å²) in [6, 6.07) is 15.1. The van der Waals surface area contributed by atoms with Crippen LogP contribution in [0.25, 0.3) is 11.0 Å². The van der Waals surface area contributed by atoms with Crippen LogP contribution in [0.4, 0.5) is 10.7 Å². The predicted octanol–water partition coefficient (Wildman–Crippen LogP) is 3.29. The lowest BCUT2D eigenvalue weighted by atomic mass is 10.1. The first-order chi connectivity index (χ1) is 12.6. The zero-order chi connectivity index (χ0) is 18.1. The van der Waals surface area contributed by atoms with Gasteiger partial charge >= 0.3 is 6.03 Å². The fourth-order valence-corrected chi connectivity index (χ4v) is 3.39. The Kier molecular flexibility index (Phi) is 4.24. The molecule has 134 valence electrons. The number of aromatic nitrogens is 2. The van der Waals surface area contributed by atoms with Gasteiger partial charge in [-0.1, -0.05) is 24.3 Å². The number of rotatable bonds is 4. The Balaban J connectivity index is 1.39. The third kappa shape index (κ3) is 3.10. The number of fused-ring (bicyclic) bond motifs is 3. The lowest BCUT2D eigenvalue weighted by Crippen LogP contribution is -2.43. The highest BCUT2D eigenvalue weighted by Gasteiger charge is 2.28. The Hall–Kier alpha value is -3.02. The van der Waals surface area contributed by atoms with E-state index in [1.165, 1.54) is 0 Å². The van der Waals surface area contributed by atoms with Crippen LogP contribution >= 0.6 is 0 Å². The molecule has 6 heteroatoms. The first kappa shape index (κ1) is 16.4. The van der Waals surface area contributed by atoms with Gasteiger partial charge in [0.05, 0.1) is 11.0 Å². The number of urea groups is 1. The Labute approximate surface area is 152 Å². The number of hydrogen-bond acceptors (Lipinski definition) is 3. The number of anilines is 1. The number of phenols is 1. The Morgan fingerprint density at radius 1 is 1.19 bits per heavy atom. The molecular weight excluding hydrogens is 328 g/mol. The average Bonchev–Trinajstić information content (AvgIpc) is 3.20. The summed E-state index contributed by atoms with van der Waals surface area (Å²) in [4.78, 5) is 19.0. The minimum Gasteiger partial charge on any atom is -0.508 e. The van der Waals surface area contributed by atoms with Gasteiger partial charge < -0.3 is 15.0 Å². The number of nitrogens with zero attached hydrogens (tertiary/aromatic N) is 3. The number of benzene rings is 2. The van der Waals surface area contributed by atoms with Crippen molar-refractivity contribution in [2.75, 3.05) is 11.4 Å². The fraction of sp³-hybridized carbons (Fsp3) is 0.300. The number of para-hydroxylation sites is 2. The SMILES string of the molecule is CC(CCc1ccc(O)cc1)NC(=O)N1CCn2c1nc1ccccc12. The maximum Gasteiger partial charge on any atom is 0.324 e. The largest absolute Gasteiger partial charge is 0.508 e. The Morgan fingerprint density at radius 2 is 1.96 bits per heavy atom. The standard InChI is InChI=1S/C20H22N4O2/c1-14(6-7-15-8-10-16(25)11-9-15)21-20(26)24-13-12-23-18-5-3-2-4-17(18)22-19(23)24/h2-5,8-11,14,25H,6-7,12-13H2,1H3,(H,21,26). The van der Waals surface area contributed by atoms with Gasteiger partial charge in [-0.05, 0) is 49.6 Å². The summed E-state index contributed by atoms with van der Waals surface area (Å²) >= 11 is 0. The predicted molar refractivity (Wildman–Crippen MR) is 102 cm³/mol. The van der Waals surface area contributed by atoms with E-state index in [2.05, 4.69) is 14.9 Å². The van der Waals surface area contributed by atoms with Crippen LogP contribution in [-0.4, -0.2) is 33.3 Å². The molecule has 0 saturated heterocycles. The maximum atomic E-state index is 12.7. The molecule has 0 spiro atoms. The van der Waals surface area contributed by atoms with Gasteiger partial charge in [-0.3, -0.25) is 4.90 Å². The van der Waals surface area contributed by atoms with Crippen LogP contribution in [0.2, 0.25) is 0 Å². The number of phenolic OH excluding ortho intramolecular Hbond substituents is 1. The van der Waals surface area contributed by atoms with Gasteiger partial charge in [0.25, 0.3) is 0 Å². The van der Waals surface area contributed by atoms with Crippen molar-refractivity contribution in [3.05, 3.63) is 54.1 Å². The topological polar surface area (TPSA) is 70.4 Å². The van der Waals surface area contributed by atoms with Crippen LogP contribution in [0, 0.1) is 0 Å². The van der Waals surface area contributed by atoms with E-state index < -0.39 is 0 Å². The van der Waals surface area contributed by atoms with Gasteiger partial charge in [0.2, 0.25) is 5.95 Å². The number of carbonyl (C=O) groups is 1.